The van der Waals surface area contributed by atoms with Crippen molar-refractivity contribution >= 4 is 0 Å². The van der Waals surface area contributed by atoms with E-state index in [-0.39, 0.29) is 11.3 Å². The van der Waals surface area contributed by atoms with E-state index in [0.717, 1.165) is 18.2 Å². The lowest BCUT2D eigenvalue weighted by Crippen LogP contribution is -2.36. The molecule has 0 unspecified atom stereocenters. The van der Waals surface area contributed by atoms with Crippen LogP contribution in [0.4, 0.5) is 13.2 Å². The normalized spacial score (nSPS) is 13.6. The van der Waals surface area contributed by atoms with Gasteiger partial charge in [0.05, 0.1) is 7.11 Å². The fraction of sp³-hybridized carbons (Fsp3) is 0.400. The third-order valence-corrected chi connectivity index (χ3v) is 2.20. The molecular formula is C10H12F3NO2. The van der Waals surface area contributed by atoms with Crippen molar-refractivity contribution in [1.82, 2.24) is 0 Å². The van der Waals surface area contributed by atoms with E-state index < -0.39 is 24.4 Å². The van der Waals surface area contributed by atoms with Gasteiger partial charge in [-0.15, -0.1) is 0 Å². The summed E-state index contributed by atoms with van der Waals surface area (Å²) in [6, 6.07) is 1.34. The zero-order valence-corrected chi connectivity index (χ0v) is 8.58. The van der Waals surface area contributed by atoms with Crippen LogP contribution in [-0.4, -0.2) is 24.7 Å². The molecule has 1 rings (SSSR count). The summed E-state index contributed by atoms with van der Waals surface area (Å²) in [7, 11) is 1.22. The van der Waals surface area contributed by atoms with Crippen LogP contribution in [0.25, 0.3) is 0 Å². The second kappa shape index (κ2) is 4.71. The van der Waals surface area contributed by atoms with Crippen molar-refractivity contribution in [3.8, 4) is 5.75 Å². The number of aliphatic hydroxyl groups is 1. The van der Waals surface area contributed by atoms with Gasteiger partial charge in [-0.2, -0.15) is 0 Å². The number of alkyl halides is 2. The Hall–Kier alpha value is -1.27. The number of aliphatic hydroxyl groups excluding tert-OH is 1. The molecule has 0 fully saturated rings. The molecule has 90 valence electrons. The molecule has 0 spiro atoms. The van der Waals surface area contributed by atoms with Crippen LogP contribution >= 0.6 is 0 Å². The quantitative estimate of drug-likeness (QED) is 0.830. The number of ether oxygens (including phenoxy) is 1. The van der Waals surface area contributed by atoms with E-state index in [1.807, 2.05) is 0 Å². The Morgan fingerprint density at radius 2 is 2.12 bits per heavy atom. The Balaban J connectivity index is 3.13. The number of methoxy groups -OCH3 is 1. The van der Waals surface area contributed by atoms with Gasteiger partial charge in [0, 0.05) is 11.6 Å². The van der Waals surface area contributed by atoms with Gasteiger partial charge in [-0.05, 0) is 6.07 Å². The number of halogens is 3. The maximum Gasteiger partial charge on any atom is 0.289 e. The SMILES string of the molecule is COc1cc(F)ccc1[C@H](N)C(F)(F)CO. The average molecular weight is 235 g/mol. The maximum atomic E-state index is 13.1. The van der Waals surface area contributed by atoms with Crippen LogP contribution in [0.5, 0.6) is 5.75 Å². The molecule has 0 saturated carbocycles. The minimum absolute atomic E-state index is 0.0528. The summed E-state index contributed by atoms with van der Waals surface area (Å²) in [4.78, 5) is 0. The highest BCUT2D eigenvalue weighted by Crippen LogP contribution is 2.34. The number of hydrogen-bond acceptors (Lipinski definition) is 3. The minimum Gasteiger partial charge on any atom is -0.496 e. The lowest BCUT2D eigenvalue weighted by molar-refractivity contribution is -0.0715. The molecule has 0 aliphatic heterocycles. The van der Waals surface area contributed by atoms with Gasteiger partial charge in [0.25, 0.3) is 5.92 Å². The minimum atomic E-state index is -3.48. The van der Waals surface area contributed by atoms with Gasteiger partial charge in [0.15, 0.2) is 0 Å². The Bertz CT molecular complexity index is 371. The molecule has 0 aromatic heterocycles. The highest BCUT2D eigenvalue weighted by atomic mass is 19.3. The summed E-state index contributed by atoms with van der Waals surface area (Å²) in [6.45, 7) is -1.38. The Morgan fingerprint density at radius 1 is 1.50 bits per heavy atom. The molecule has 3 nitrogen and oxygen atoms in total. The van der Waals surface area contributed by atoms with Gasteiger partial charge >= 0.3 is 0 Å². The first kappa shape index (κ1) is 12.8. The third kappa shape index (κ3) is 2.45. The molecule has 0 amide bonds. The van der Waals surface area contributed by atoms with Gasteiger partial charge in [-0.3, -0.25) is 0 Å². The van der Waals surface area contributed by atoms with Crippen molar-refractivity contribution in [3.05, 3.63) is 29.6 Å². The first-order valence-electron chi connectivity index (χ1n) is 4.50. The highest BCUT2D eigenvalue weighted by Gasteiger charge is 2.38. The Morgan fingerprint density at radius 3 is 2.62 bits per heavy atom. The molecule has 3 N–H and O–H groups in total. The van der Waals surface area contributed by atoms with Crippen molar-refractivity contribution in [2.24, 2.45) is 5.73 Å². The number of hydrogen-bond donors (Lipinski definition) is 2. The molecule has 1 aromatic rings. The molecule has 0 aliphatic carbocycles. The molecule has 0 saturated heterocycles. The zero-order valence-electron chi connectivity index (χ0n) is 8.58. The third-order valence-electron chi connectivity index (χ3n) is 2.20. The van der Waals surface area contributed by atoms with Crippen LogP contribution in [0.1, 0.15) is 11.6 Å². The predicted molar refractivity (Wildman–Crippen MR) is 51.9 cm³/mol. The molecule has 0 bridgehead atoms. The summed E-state index contributed by atoms with van der Waals surface area (Å²) in [5.74, 6) is -4.16. The first-order valence-corrected chi connectivity index (χ1v) is 4.50. The van der Waals surface area contributed by atoms with E-state index in [1.165, 1.54) is 7.11 Å². The first-order chi connectivity index (χ1) is 7.42. The molecule has 1 aromatic carbocycles. The second-order valence-corrected chi connectivity index (χ2v) is 3.28. The van der Waals surface area contributed by atoms with E-state index >= 15 is 0 Å². The fourth-order valence-electron chi connectivity index (χ4n) is 1.27. The van der Waals surface area contributed by atoms with Gasteiger partial charge in [-0.1, -0.05) is 6.07 Å². The highest BCUT2D eigenvalue weighted by molar-refractivity contribution is 5.37. The summed E-state index contributed by atoms with van der Waals surface area (Å²) in [5.41, 5.74) is 5.24. The van der Waals surface area contributed by atoms with Crippen LogP contribution in [0.2, 0.25) is 0 Å². The topological polar surface area (TPSA) is 55.5 Å². The molecule has 0 heterocycles. The van der Waals surface area contributed by atoms with Crippen molar-refractivity contribution in [1.29, 1.82) is 0 Å². The summed E-state index contributed by atoms with van der Waals surface area (Å²) >= 11 is 0. The molecular weight excluding hydrogens is 223 g/mol. The van der Waals surface area contributed by atoms with Gasteiger partial charge in [0.1, 0.15) is 24.2 Å². The second-order valence-electron chi connectivity index (χ2n) is 3.28. The van der Waals surface area contributed by atoms with E-state index in [1.54, 1.807) is 0 Å². The largest absolute Gasteiger partial charge is 0.496 e. The average Bonchev–Trinajstić information content (AvgIpc) is 2.27. The van der Waals surface area contributed by atoms with Crippen LogP contribution in [0.15, 0.2) is 18.2 Å². The molecule has 16 heavy (non-hydrogen) atoms. The number of nitrogens with two attached hydrogens (primary N) is 1. The van der Waals surface area contributed by atoms with E-state index in [4.69, 9.17) is 15.6 Å². The van der Waals surface area contributed by atoms with Crippen LogP contribution in [-0.2, 0) is 0 Å². The zero-order chi connectivity index (χ0) is 12.3. The Kier molecular flexibility index (Phi) is 3.77. The van der Waals surface area contributed by atoms with Crippen molar-refractivity contribution in [3.63, 3.8) is 0 Å². The number of benzene rings is 1. The van der Waals surface area contributed by atoms with Crippen molar-refractivity contribution in [2.75, 3.05) is 13.7 Å². The number of rotatable bonds is 4. The van der Waals surface area contributed by atoms with Crippen LogP contribution in [0, 0.1) is 5.82 Å². The van der Waals surface area contributed by atoms with E-state index in [9.17, 15) is 13.2 Å². The molecule has 0 aliphatic rings. The standard InChI is InChI=1S/C10H12F3NO2/c1-16-8-4-6(11)2-3-7(8)9(14)10(12,13)5-15/h2-4,9,15H,5,14H2,1H3/t9-/m0/s1. The van der Waals surface area contributed by atoms with Gasteiger partial charge < -0.3 is 15.6 Å². The molecule has 6 heteroatoms. The summed E-state index contributed by atoms with van der Waals surface area (Å²) < 4.78 is 43.8. The van der Waals surface area contributed by atoms with Crippen molar-refractivity contribution < 1.29 is 23.0 Å². The predicted octanol–water partition coefficient (Wildman–Crippen LogP) is 1.46. The molecule has 0 radical (unpaired) electrons. The monoisotopic (exact) mass is 235 g/mol. The lowest BCUT2D eigenvalue weighted by atomic mass is 10.0. The van der Waals surface area contributed by atoms with Gasteiger partial charge in [0.2, 0.25) is 0 Å². The van der Waals surface area contributed by atoms with E-state index in [2.05, 4.69) is 0 Å². The van der Waals surface area contributed by atoms with Crippen molar-refractivity contribution in [2.45, 2.75) is 12.0 Å². The lowest BCUT2D eigenvalue weighted by Gasteiger charge is -2.23. The maximum absolute atomic E-state index is 13.1. The smallest absolute Gasteiger partial charge is 0.289 e. The molecule has 1 atom stereocenters. The van der Waals surface area contributed by atoms with Crippen LogP contribution in [0.3, 0.4) is 0 Å². The van der Waals surface area contributed by atoms with Gasteiger partial charge in [-0.25, -0.2) is 13.2 Å². The summed E-state index contributed by atoms with van der Waals surface area (Å²) in [5, 5.41) is 8.50. The summed E-state index contributed by atoms with van der Waals surface area (Å²) in [6.07, 6.45) is 0. The van der Waals surface area contributed by atoms with Crippen LogP contribution < -0.4 is 10.5 Å². The fourth-order valence-corrected chi connectivity index (χ4v) is 1.27. The Labute approximate surface area is 90.6 Å². The van der Waals surface area contributed by atoms with E-state index in [0.29, 0.717) is 0 Å².